The molecule has 0 radical (unpaired) electrons. The van der Waals surface area contributed by atoms with Crippen LogP contribution in [-0.4, -0.2) is 14.7 Å². The van der Waals surface area contributed by atoms with E-state index in [2.05, 4.69) is 38.1 Å². The van der Waals surface area contributed by atoms with Crippen molar-refractivity contribution in [1.82, 2.24) is 0 Å². The molecule has 0 aliphatic carbocycles. The van der Waals surface area contributed by atoms with Crippen LogP contribution in [0.3, 0.4) is 0 Å². The molecule has 0 spiro atoms. The van der Waals surface area contributed by atoms with Crippen molar-refractivity contribution in [1.29, 1.82) is 0 Å². The molecule has 19 heavy (non-hydrogen) atoms. The Hall–Kier alpha value is -0.670. The lowest BCUT2D eigenvalue weighted by Gasteiger charge is -2.02. The van der Waals surface area contributed by atoms with E-state index in [1.807, 2.05) is 0 Å². The van der Waals surface area contributed by atoms with Gasteiger partial charge in [0, 0.05) is 0 Å². The van der Waals surface area contributed by atoms with E-state index >= 15 is 0 Å². The van der Waals surface area contributed by atoms with Gasteiger partial charge < -0.3 is 14.7 Å². The van der Waals surface area contributed by atoms with Gasteiger partial charge in [-0.15, -0.1) is 0 Å². The summed E-state index contributed by atoms with van der Waals surface area (Å²) in [7, 11) is -4.64. The van der Waals surface area contributed by atoms with Gasteiger partial charge in [0.1, 0.15) is 0 Å². The number of phosphoric acid groups is 1. The first-order valence-electron chi connectivity index (χ1n) is 6.73. The minimum atomic E-state index is -4.64. The molecule has 5 heteroatoms. The number of hydrogen-bond donors (Lipinski definition) is 3. The molecule has 4 nitrogen and oxygen atoms in total. The molecule has 110 valence electrons. The van der Waals surface area contributed by atoms with Gasteiger partial charge in [0.2, 0.25) is 0 Å². The minimum absolute atomic E-state index is 1.24. The normalized spacial score (nSPS) is 10.8. The monoisotopic (exact) mass is 288 g/mol. The molecule has 0 amide bonds. The van der Waals surface area contributed by atoms with Gasteiger partial charge in [-0.2, -0.15) is 0 Å². The van der Waals surface area contributed by atoms with E-state index in [1.54, 1.807) is 0 Å². The molecule has 0 fully saturated rings. The summed E-state index contributed by atoms with van der Waals surface area (Å²) in [4.78, 5) is 21.6. The largest absolute Gasteiger partial charge is 0.466 e. The van der Waals surface area contributed by atoms with E-state index < -0.39 is 7.82 Å². The van der Waals surface area contributed by atoms with Crippen LogP contribution in [0, 0.1) is 0 Å². The zero-order valence-electron chi connectivity index (χ0n) is 11.7. The molecule has 0 unspecified atom stereocenters. The maximum atomic E-state index is 8.88. The van der Waals surface area contributed by atoms with Crippen LogP contribution in [0.15, 0.2) is 24.3 Å². The van der Waals surface area contributed by atoms with Gasteiger partial charge in [0.15, 0.2) is 0 Å². The third kappa shape index (κ3) is 13.6. The molecule has 0 saturated carbocycles. The van der Waals surface area contributed by atoms with Crippen molar-refractivity contribution in [2.24, 2.45) is 0 Å². The Kier molecular flexibility index (Phi) is 9.80. The van der Waals surface area contributed by atoms with E-state index in [1.165, 1.54) is 49.7 Å². The third-order valence-electron chi connectivity index (χ3n) is 2.66. The van der Waals surface area contributed by atoms with Crippen LogP contribution in [0.25, 0.3) is 0 Å². The zero-order valence-corrected chi connectivity index (χ0v) is 12.6. The molecular weight excluding hydrogens is 263 g/mol. The molecule has 3 N–H and O–H groups in total. The second kappa shape index (κ2) is 10.2. The standard InChI is InChI=1S/C14H22.H3O4P/c1-3-5-7-13-9-11-14(12-10-13)8-6-4-2;1-5(2,3)4/h9-12H,3-8H2,1-2H3;(H3,1,2,3,4). The average molecular weight is 288 g/mol. The maximum absolute atomic E-state index is 8.88. The van der Waals surface area contributed by atoms with E-state index in [0.717, 1.165) is 0 Å². The highest BCUT2D eigenvalue weighted by atomic mass is 31.2. The summed E-state index contributed by atoms with van der Waals surface area (Å²) < 4.78 is 8.88. The minimum Gasteiger partial charge on any atom is -0.303 e. The van der Waals surface area contributed by atoms with Crippen LogP contribution in [0.5, 0.6) is 0 Å². The summed E-state index contributed by atoms with van der Waals surface area (Å²) in [5.41, 5.74) is 2.99. The Morgan fingerprint density at radius 3 is 1.32 bits per heavy atom. The van der Waals surface area contributed by atoms with Gasteiger partial charge in [-0.1, -0.05) is 51.0 Å². The van der Waals surface area contributed by atoms with E-state index in [0.29, 0.717) is 0 Å². The molecule has 0 aliphatic rings. The smallest absolute Gasteiger partial charge is 0.303 e. The molecule has 1 rings (SSSR count). The maximum Gasteiger partial charge on any atom is 0.466 e. The van der Waals surface area contributed by atoms with E-state index in [-0.39, 0.29) is 0 Å². The summed E-state index contributed by atoms with van der Waals surface area (Å²) in [6.07, 6.45) is 7.69. The van der Waals surface area contributed by atoms with Gasteiger partial charge in [0.25, 0.3) is 0 Å². The third-order valence-corrected chi connectivity index (χ3v) is 2.66. The second-order valence-corrected chi connectivity index (χ2v) is 5.56. The SMILES string of the molecule is CCCCc1ccc(CCCC)cc1.O=P(O)(O)O. The Balaban J connectivity index is 0.000000555. The molecule has 0 bridgehead atoms. The Labute approximate surface area is 115 Å². The quantitative estimate of drug-likeness (QED) is 0.701. The summed E-state index contributed by atoms with van der Waals surface area (Å²) in [6, 6.07) is 9.17. The fourth-order valence-corrected chi connectivity index (χ4v) is 1.63. The summed E-state index contributed by atoms with van der Waals surface area (Å²) in [6.45, 7) is 4.49. The van der Waals surface area contributed by atoms with Gasteiger partial charge in [-0.05, 0) is 36.8 Å². The topological polar surface area (TPSA) is 77.8 Å². The Morgan fingerprint density at radius 2 is 1.11 bits per heavy atom. The second-order valence-electron chi connectivity index (χ2n) is 4.54. The lowest BCUT2D eigenvalue weighted by Crippen LogP contribution is -1.87. The summed E-state index contributed by atoms with van der Waals surface area (Å²) >= 11 is 0. The van der Waals surface area contributed by atoms with Crippen molar-refractivity contribution in [3.63, 3.8) is 0 Å². The Morgan fingerprint density at radius 1 is 0.842 bits per heavy atom. The van der Waals surface area contributed by atoms with Crippen LogP contribution in [-0.2, 0) is 17.4 Å². The van der Waals surface area contributed by atoms with Crippen LogP contribution in [0.4, 0.5) is 0 Å². The van der Waals surface area contributed by atoms with Crippen molar-refractivity contribution in [3.05, 3.63) is 35.4 Å². The highest BCUT2D eigenvalue weighted by molar-refractivity contribution is 7.45. The fraction of sp³-hybridized carbons (Fsp3) is 0.571. The molecular formula is C14H25O4P. The number of unbranched alkanes of at least 4 members (excludes halogenated alkanes) is 2. The highest BCUT2D eigenvalue weighted by Gasteiger charge is 2.00. The van der Waals surface area contributed by atoms with Crippen molar-refractivity contribution in [2.45, 2.75) is 52.4 Å². The van der Waals surface area contributed by atoms with E-state index in [4.69, 9.17) is 19.2 Å². The molecule has 0 saturated heterocycles. The number of rotatable bonds is 6. The fourth-order valence-electron chi connectivity index (χ4n) is 1.63. The highest BCUT2D eigenvalue weighted by Crippen LogP contribution is 2.25. The Bertz CT molecular complexity index is 334. The summed E-state index contributed by atoms with van der Waals surface area (Å²) in [5.74, 6) is 0. The molecule has 0 heterocycles. The van der Waals surface area contributed by atoms with Crippen molar-refractivity contribution < 1.29 is 19.2 Å². The van der Waals surface area contributed by atoms with Gasteiger partial charge in [-0.3, -0.25) is 0 Å². The molecule has 0 atom stereocenters. The van der Waals surface area contributed by atoms with Crippen molar-refractivity contribution >= 4 is 7.82 Å². The molecule has 0 aliphatic heterocycles. The lowest BCUT2D eigenvalue weighted by molar-refractivity contribution is 0.275. The summed E-state index contributed by atoms with van der Waals surface area (Å²) in [5, 5.41) is 0. The average Bonchev–Trinajstić information content (AvgIpc) is 2.33. The first kappa shape index (κ1) is 18.3. The van der Waals surface area contributed by atoms with Gasteiger partial charge in [-0.25, -0.2) is 4.57 Å². The zero-order chi connectivity index (χ0) is 14.7. The first-order chi connectivity index (χ1) is 8.86. The number of hydrogen-bond acceptors (Lipinski definition) is 1. The number of benzene rings is 1. The van der Waals surface area contributed by atoms with Crippen LogP contribution in [0.1, 0.15) is 50.7 Å². The van der Waals surface area contributed by atoms with Gasteiger partial charge >= 0.3 is 7.82 Å². The molecule has 0 aromatic heterocycles. The lowest BCUT2D eigenvalue weighted by atomic mass is 10.0. The van der Waals surface area contributed by atoms with Crippen LogP contribution >= 0.6 is 7.82 Å². The predicted molar refractivity (Wildman–Crippen MR) is 77.9 cm³/mol. The number of aryl methyl sites for hydroxylation is 2. The molecule has 1 aromatic carbocycles. The van der Waals surface area contributed by atoms with Crippen LogP contribution < -0.4 is 0 Å². The van der Waals surface area contributed by atoms with Gasteiger partial charge in [0.05, 0.1) is 0 Å². The van der Waals surface area contributed by atoms with Crippen molar-refractivity contribution in [2.75, 3.05) is 0 Å². The van der Waals surface area contributed by atoms with Crippen LogP contribution in [0.2, 0.25) is 0 Å². The molecule has 1 aromatic rings. The first-order valence-corrected chi connectivity index (χ1v) is 8.29. The van der Waals surface area contributed by atoms with E-state index in [9.17, 15) is 0 Å². The predicted octanol–water partition coefficient (Wildman–Crippen LogP) is 3.44. The van der Waals surface area contributed by atoms with Crippen molar-refractivity contribution in [3.8, 4) is 0 Å².